The van der Waals surface area contributed by atoms with E-state index < -0.39 is 0 Å². The average Bonchev–Trinajstić information content (AvgIpc) is 3.65. The van der Waals surface area contributed by atoms with Crippen molar-refractivity contribution in [2.75, 3.05) is 4.90 Å². The van der Waals surface area contributed by atoms with Crippen molar-refractivity contribution >= 4 is 60.3 Å². The minimum Gasteiger partial charge on any atom is -0.310 e. The van der Waals surface area contributed by atoms with Gasteiger partial charge in [0.2, 0.25) is 0 Å². The van der Waals surface area contributed by atoms with Crippen molar-refractivity contribution in [3.05, 3.63) is 231 Å². The van der Waals surface area contributed by atoms with Gasteiger partial charge in [-0.15, -0.1) is 0 Å². The molecule has 1 heterocycles. The van der Waals surface area contributed by atoms with Crippen molar-refractivity contribution in [3.63, 3.8) is 0 Å². The number of anilines is 3. The Hall–Kier alpha value is -7.68. The fourth-order valence-electron chi connectivity index (χ4n) is 8.93. The lowest BCUT2D eigenvalue weighted by Gasteiger charge is -2.27. The molecular formula is C56H38N2. The Kier molecular flexibility index (Phi) is 8.19. The molecule has 0 aliphatic carbocycles. The van der Waals surface area contributed by atoms with Crippen LogP contribution < -0.4 is 4.90 Å². The van der Waals surface area contributed by atoms with Crippen LogP contribution >= 0.6 is 0 Å². The van der Waals surface area contributed by atoms with Gasteiger partial charge in [0.05, 0.1) is 16.9 Å². The predicted molar refractivity (Wildman–Crippen MR) is 247 cm³/mol. The number of para-hydroxylation sites is 2. The standard InChI is InChI=1S/C56H38N2/c1-5-19-40(20-6-1)54-52-38-51(49-29-15-16-30-50(49)56(52)58(46-26-11-4-12-27-46)55(54)41-21-7-2-8-22-41)44-33-32-43-37-47(35-34-42(43)36-44)57(45-24-9-3-10-25-45)53-31-17-23-39-18-13-14-28-48(39)53/h1-38H. The fraction of sp³-hybridized carbons (Fsp3) is 0. The predicted octanol–water partition coefficient (Wildman–Crippen LogP) is 15.6. The molecule has 0 aliphatic heterocycles. The van der Waals surface area contributed by atoms with Gasteiger partial charge in [-0.2, -0.15) is 0 Å². The zero-order valence-electron chi connectivity index (χ0n) is 31.8. The van der Waals surface area contributed by atoms with E-state index in [4.69, 9.17) is 0 Å². The van der Waals surface area contributed by atoms with E-state index in [-0.39, 0.29) is 0 Å². The van der Waals surface area contributed by atoms with Crippen molar-refractivity contribution in [1.29, 1.82) is 0 Å². The maximum atomic E-state index is 2.48. The Balaban J connectivity index is 1.14. The summed E-state index contributed by atoms with van der Waals surface area (Å²) in [4.78, 5) is 2.38. The van der Waals surface area contributed by atoms with Crippen LogP contribution in [0.25, 0.3) is 82.4 Å². The highest BCUT2D eigenvalue weighted by molar-refractivity contribution is 6.20. The zero-order valence-corrected chi connectivity index (χ0v) is 31.8. The van der Waals surface area contributed by atoms with Crippen LogP contribution in [0.5, 0.6) is 0 Å². The van der Waals surface area contributed by atoms with E-state index >= 15 is 0 Å². The van der Waals surface area contributed by atoms with Gasteiger partial charge in [-0.3, -0.25) is 0 Å². The molecule has 0 amide bonds. The second-order valence-electron chi connectivity index (χ2n) is 14.9. The Labute approximate surface area is 338 Å². The van der Waals surface area contributed by atoms with Gasteiger partial charge in [-0.1, -0.05) is 176 Å². The third kappa shape index (κ3) is 5.66. The molecule has 58 heavy (non-hydrogen) atoms. The summed E-state index contributed by atoms with van der Waals surface area (Å²) in [6.07, 6.45) is 0. The summed E-state index contributed by atoms with van der Waals surface area (Å²) in [5.74, 6) is 0. The monoisotopic (exact) mass is 738 g/mol. The number of nitrogens with zero attached hydrogens (tertiary/aromatic N) is 2. The summed E-state index contributed by atoms with van der Waals surface area (Å²) < 4.78 is 2.48. The molecule has 0 spiro atoms. The number of rotatable bonds is 7. The molecule has 0 bridgehead atoms. The minimum atomic E-state index is 1.12. The van der Waals surface area contributed by atoms with Crippen molar-refractivity contribution < 1.29 is 0 Å². The third-order valence-corrected chi connectivity index (χ3v) is 11.5. The first-order chi connectivity index (χ1) is 28.8. The summed E-state index contributed by atoms with van der Waals surface area (Å²) in [6, 6.07) is 83.6. The van der Waals surface area contributed by atoms with E-state index in [1.54, 1.807) is 0 Å². The van der Waals surface area contributed by atoms with Crippen molar-refractivity contribution in [3.8, 4) is 39.2 Å². The molecule has 2 nitrogen and oxygen atoms in total. The topological polar surface area (TPSA) is 8.17 Å². The summed E-state index contributed by atoms with van der Waals surface area (Å²) in [7, 11) is 0. The molecule has 0 fully saturated rings. The molecule has 11 aromatic rings. The SMILES string of the molecule is c1ccc(-c2c(-c3ccccc3)n(-c3ccccc3)c3c2cc(-c2ccc4cc(N(c5ccccc5)c5cccc6ccccc56)ccc4c2)c2ccccc23)cc1. The van der Waals surface area contributed by atoms with Crippen molar-refractivity contribution in [2.24, 2.45) is 0 Å². The van der Waals surface area contributed by atoms with E-state index in [1.165, 1.54) is 76.7 Å². The molecule has 11 rings (SSSR count). The molecule has 1 aromatic heterocycles. The molecule has 10 aromatic carbocycles. The van der Waals surface area contributed by atoms with Gasteiger partial charge in [0.15, 0.2) is 0 Å². The van der Waals surface area contributed by atoms with Gasteiger partial charge in [0.25, 0.3) is 0 Å². The van der Waals surface area contributed by atoms with Crippen LogP contribution in [-0.2, 0) is 0 Å². The smallest absolute Gasteiger partial charge is 0.0620 e. The average molecular weight is 739 g/mol. The first-order valence-corrected chi connectivity index (χ1v) is 19.9. The number of hydrogen-bond donors (Lipinski definition) is 0. The quantitative estimate of drug-likeness (QED) is 0.158. The lowest BCUT2D eigenvalue weighted by molar-refractivity contribution is 1.14. The second-order valence-corrected chi connectivity index (χ2v) is 14.9. The summed E-state index contributed by atoms with van der Waals surface area (Å²) in [5.41, 5.74) is 13.0. The van der Waals surface area contributed by atoms with Crippen LogP contribution in [0, 0.1) is 0 Å². The minimum absolute atomic E-state index is 1.12. The Morgan fingerprint density at radius 3 is 1.67 bits per heavy atom. The lowest BCUT2D eigenvalue weighted by atomic mass is 9.91. The molecule has 272 valence electrons. The van der Waals surface area contributed by atoms with E-state index in [2.05, 4.69) is 240 Å². The van der Waals surface area contributed by atoms with Crippen LogP contribution in [-0.4, -0.2) is 4.57 Å². The lowest BCUT2D eigenvalue weighted by Crippen LogP contribution is -2.10. The normalized spacial score (nSPS) is 11.4. The van der Waals surface area contributed by atoms with Gasteiger partial charge < -0.3 is 9.47 Å². The number of fused-ring (bicyclic) bond motifs is 5. The Morgan fingerprint density at radius 1 is 0.328 bits per heavy atom. The number of hydrogen-bond acceptors (Lipinski definition) is 1. The highest BCUT2D eigenvalue weighted by atomic mass is 15.1. The van der Waals surface area contributed by atoms with Gasteiger partial charge in [-0.05, 0) is 98.4 Å². The van der Waals surface area contributed by atoms with Gasteiger partial charge >= 0.3 is 0 Å². The summed E-state index contributed by atoms with van der Waals surface area (Å²) in [5, 5.41) is 8.52. The number of benzene rings is 10. The van der Waals surface area contributed by atoms with Crippen LogP contribution in [0.3, 0.4) is 0 Å². The van der Waals surface area contributed by atoms with E-state index in [9.17, 15) is 0 Å². The van der Waals surface area contributed by atoms with Gasteiger partial charge in [-0.25, -0.2) is 0 Å². The molecule has 0 saturated heterocycles. The zero-order chi connectivity index (χ0) is 38.4. The molecule has 0 N–H and O–H groups in total. The summed E-state index contributed by atoms with van der Waals surface area (Å²) >= 11 is 0. The van der Waals surface area contributed by atoms with Crippen LogP contribution in [0.1, 0.15) is 0 Å². The molecule has 0 unspecified atom stereocenters. The van der Waals surface area contributed by atoms with Gasteiger partial charge in [0.1, 0.15) is 0 Å². The summed E-state index contributed by atoms with van der Waals surface area (Å²) in [6.45, 7) is 0. The van der Waals surface area contributed by atoms with Crippen molar-refractivity contribution in [1.82, 2.24) is 4.57 Å². The largest absolute Gasteiger partial charge is 0.310 e. The first-order valence-electron chi connectivity index (χ1n) is 19.9. The maximum absolute atomic E-state index is 2.48. The van der Waals surface area contributed by atoms with Crippen LogP contribution in [0.4, 0.5) is 17.1 Å². The second kappa shape index (κ2) is 14.1. The molecule has 0 radical (unpaired) electrons. The molecular weight excluding hydrogens is 701 g/mol. The fourth-order valence-corrected chi connectivity index (χ4v) is 8.93. The first kappa shape index (κ1) is 33.6. The van der Waals surface area contributed by atoms with Crippen LogP contribution in [0.15, 0.2) is 231 Å². The Morgan fingerprint density at radius 2 is 0.914 bits per heavy atom. The van der Waals surface area contributed by atoms with E-state index in [0.717, 1.165) is 22.7 Å². The molecule has 0 atom stereocenters. The Bertz CT molecular complexity index is 3250. The van der Waals surface area contributed by atoms with E-state index in [0.29, 0.717) is 0 Å². The van der Waals surface area contributed by atoms with Crippen LogP contribution in [0.2, 0.25) is 0 Å². The molecule has 0 aliphatic rings. The molecule has 0 saturated carbocycles. The molecule has 2 heteroatoms. The van der Waals surface area contributed by atoms with E-state index in [1.807, 2.05) is 0 Å². The highest BCUT2D eigenvalue weighted by Gasteiger charge is 2.24. The maximum Gasteiger partial charge on any atom is 0.0620 e. The van der Waals surface area contributed by atoms with Crippen molar-refractivity contribution in [2.45, 2.75) is 0 Å². The third-order valence-electron chi connectivity index (χ3n) is 11.5. The highest BCUT2D eigenvalue weighted by Crippen LogP contribution is 2.48. The van der Waals surface area contributed by atoms with Gasteiger partial charge in [0, 0.05) is 38.8 Å². The number of aromatic nitrogens is 1.